The molecule has 5 nitrogen and oxygen atoms in total. The van der Waals surface area contributed by atoms with Gasteiger partial charge in [-0.3, -0.25) is 9.48 Å². The summed E-state index contributed by atoms with van der Waals surface area (Å²) in [5, 5.41) is 7.77. The number of aromatic nitrogens is 2. The second-order valence-corrected chi connectivity index (χ2v) is 5.81. The number of carbonyl (C=O) groups is 1. The summed E-state index contributed by atoms with van der Waals surface area (Å²) in [5.74, 6) is -0.00430. The van der Waals surface area contributed by atoms with Crippen LogP contribution in [-0.4, -0.2) is 41.4 Å². The van der Waals surface area contributed by atoms with E-state index in [2.05, 4.69) is 31.2 Å². The summed E-state index contributed by atoms with van der Waals surface area (Å²) in [7, 11) is 1.61. The van der Waals surface area contributed by atoms with Crippen LogP contribution >= 0.6 is 11.6 Å². The molecular weight excluding hydrogens is 266 g/mol. The molecule has 0 amide bonds. The highest BCUT2D eigenvalue weighted by Crippen LogP contribution is 2.17. The Morgan fingerprint density at radius 1 is 1.53 bits per heavy atom. The molecule has 19 heavy (non-hydrogen) atoms. The van der Waals surface area contributed by atoms with Crippen LogP contribution in [0.3, 0.4) is 0 Å². The number of nitrogens with one attached hydrogen (secondary N) is 1. The van der Waals surface area contributed by atoms with Crippen molar-refractivity contribution in [1.82, 2.24) is 15.1 Å². The van der Waals surface area contributed by atoms with Gasteiger partial charge in [0.15, 0.2) is 5.78 Å². The molecule has 1 rings (SSSR count). The van der Waals surface area contributed by atoms with Gasteiger partial charge in [0, 0.05) is 25.6 Å². The summed E-state index contributed by atoms with van der Waals surface area (Å²) in [6.45, 7) is 7.83. The zero-order valence-corrected chi connectivity index (χ0v) is 12.8. The van der Waals surface area contributed by atoms with Crippen LogP contribution < -0.4 is 5.32 Å². The molecule has 0 radical (unpaired) electrons. The fourth-order valence-corrected chi connectivity index (χ4v) is 1.90. The molecule has 0 unspecified atom stereocenters. The predicted octanol–water partition coefficient (Wildman–Crippen LogP) is 2.14. The summed E-state index contributed by atoms with van der Waals surface area (Å²) >= 11 is 6.02. The van der Waals surface area contributed by atoms with Crippen molar-refractivity contribution in [3.05, 3.63) is 16.9 Å². The van der Waals surface area contributed by atoms with E-state index in [9.17, 15) is 4.79 Å². The molecule has 1 heterocycles. The maximum atomic E-state index is 12.2. The lowest BCUT2D eigenvalue weighted by Crippen LogP contribution is -2.37. The van der Waals surface area contributed by atoms with Gasteiger partial charge in [-0.25, -0.2) is 0 Å². The van der Waals surface area contributed by atoms with Gasteiger partial charge in [0.1, 0.15) is 5.69 Å². The molecule has 0 atom stereocenters. The Balaban J connectivity index is 2.63. The van der Waals surface area contributed by atoms with Gasteiger partial charge in [-0.2, -0.15) is 5.10 Å². The normalized spacial score (nSPS) is 11.8. The summed E-state index contributed by atoms with van der Waals surface area (Å²) in [4.78, 5) is 12.2. The van der Waals surface area contributed by atoms with Crippen LogP contribution in [0.4, 0.5) is 0 Å². The monoisotopic (exact) mass is 287 g/mol. The third-order valence-corrected chi connectivity index (χ3v) is 2.85. The van der Waals surface area contributed by atoms with Crippen LogP contribution in [0.1, 0.15) is 37.7 Å². The fraction of sp³-hybridized carbons (Fsp3) is 0.692. The number of ether oxygens (including phenoxy) is 1. The average Bonchev–Trinajstić information content (AvgIpc) is 2.66. The fourth-order valence-electron chi connectivity index (χ4n) is 1.66. The van der Waals surface area contributed by atoms with E-state index in [1.54, 1.807) is 11.8 Å². The lowest BCUT2D eigenvalue weighted by Gasteiger charge is -2.20. The lowest BCUT2D eigenvalue weighted by molar-refractivity contribution is 0.0966. The van der Waals surface area contributed by atoms with Crippen LogP contribution in [0, 0.1) is 0 Å². The molecule has 0 aliphatic rings. The smallest absolute Gasteiger partial charge is 0.183 e. The van der Waals surface area contributed by atoms with E-state index in [0.717, 1.165) is 0 Å². The average molecular weight is 288 g/mol. The Hall–Kier alpha value is -0.910. The van der Waals surface area contributed by atoms with E-state index in [0.29, 0.717) is 36.8 Å². The van der Waals surface area contributed by atoms with E-state index in [-0.39, 0.29) is 11.3 Å². The van der Waals surface area contributed by atoms with Gasteiger partial charge in [-0.05, 0) is 20.8 Å². The number of Topliss-reactive ketones (excluding diaryl/α,β-unsaturated/α-hetero) is 1. The maximum Gasteiger partial charge on any atom is 0.183 e. The van der Waals surface area contributed by atoms with Gasteiger partial charge >= 0.3 is 0 Å². The van der Waals surface area contributed by atoms with Gasteiger partial charge in [-0.1, -0.05) is 11.6 Å². The van der Waals surface area contributed by atoms with E-state index < -0.39 is 0 Å². The molecule has 1 aromatic rings. The van der Waals surface area contributed by atoms with E-state index in [4.69, 9.17) is 16.3 Å². The van der Waals surface area contributed by atoms with Gasteiger partial charge in [0.2, 0.25) is 0 Å². The molecule has 108 valence electrons. The molecule has 0 aromatic carbocycles. The molecule has 0 fully saturated rings. The van der Waals surface area contributed by atoms with Crippen LogP contribution in [0.25, 0.3) is 0 Å². The van der Waals surface area contributed by atoms with Crippen LogP contribution in [0.5, 0.6) is 0 Å². The van der Waals surface area contributed by atoms with Crippen molar-refractivity contribution >= 4 is 17.4 Å². The standard InChI is InChI=1S/C13H22ClN3O2/c1-13(2,3)15-6-5-11(18)12-10(14)9-16-17(12)7-8-19-4/h9,15H,5-8H2,1-4H3. The number of halogens is 1. The van der Waals surface area contributed by atoms with Gasteiger partial charge in [0.25, 0.3) is 0 Å². The highest BCUT2D eigenvalue weighted by molar-refractivity contribution is 6.33. The van der Waals surface area contributed by atoms with Crippen LogP contribution in [0.15, 0.2) is 6.20 Å². The van der Waals surface area contributed by atoms with Crippen molar-refractivity contribution in [3.8, 4) is 0 Å². The molecule has 6 heteroatoms. The van der Waals surface area contributed by atoms with E-state index in [1.165, 1.54) is 6.20 Å². The number of hydrogen-bond donors (Lipinski definition) is 1. The number of carbonyl (C=O) groups excluding carboxylic acids is 1. The first-order chi connectivity index (χ1) is 8.85. The summed E-state index contributed by atoms with van der Waals surface area (Å²) in [6, 6.07) is 0. The van der Waals surface area contributed by atoms with Crippen molar-refractivity contribution in [2.24, 2.45) is 0 Å². The predicted molar refractivity (Wildman–Crippen MR) is 75.8 cm³/mol. The van der Waals surface area contributed by atoms with E-state index >= 15 is 0 Å². The number of nitrogens with zero attached hydrogens (tertiary/aromatic N) is 2. The van der Waals surface area contributed by atoms with Crippen molar-refractivity contribution < 1.29 is 9.53 Å². The molecule has 1 aromatic heterocycles. The first kappa shape index (κ1) is 16.1. The maximum absolute atomic E-state index is 12.2. The van der Waals surface area contributed by atoms with Gasteiger partial charge < -0.3 is 10.1 Å². The Morgan fingerprint density at radius 2 is 2.21 bits per heavy atom. The summed E-state index contributed by atoms with van der Waals surface area (Å²) in [5.41, 5.74) is 0.467. The number of methoxy groups -OCH3 is 1. The van der Waals surface area contributed by atoms with Crippen LogP contribution in [0.2, 0.25) is 5.02 Å². The summed E-state index contributed by atoms with van der Waals surface area (Å²) < 4.78 is 6.59. The quantitative estimate of drug-likeness (QED) is 0.781. The minimum absolute atomic E-state index is 0.000366. The highest BCUT2D eigenvalue weighted by Gasteiger charge is 2.18. The van der Waals surface area contributed by atoms with Gasteiger partial charge in [-0.15, -0.1) is 0 Å². The minimum atomic E-state index is -0.00430. The van der Waals surface area contributed by atoms with Crippen molar-refractivity contribution in [2.45, 2.75) is 39.3 Å². The number of hydrogen-bond acceptors (Lipinski definition) is 4. The molecule has 0 saturated carbocycles. The highest BCUT2D eigenvalue weighted by atomic mass is 35.5. The SMILES string of the molecule is COCCn1ncc(Cl)c1C(=O)CCNC(C)(C)C. The zero-order chi connectivity index (χ0) is 14.5. The largest absolute Gasteiger partial charge is 0.383 e. The van der Waals surface area contributed by atoms with Crippen molar-refractivity contribution in [3.63, 3.8) is 0 Å². The molecule has 1 N–H and O–H groups in total. The van der Waals surface area contributed by atoms with Gasteiger partial charge in [0.05, 0.1) is 24.4 Å². The zero-order valence-electron chi connectivity index (χ0n) is 12.0. The number of rotatable bonds is 7. The van der Waals surface area contributed by atoms with Crippen molar-refractivity contribution in [2.75, 3.05) is 20.3 Å². The molecular formula is C13H22ClN3O2. The van der Waals surface area contributed by atoms with Crippen molar-refractivity contribution in [1.29, 1.82) is 0 Å². The minimum Gasteiger partial charge on any atom is -0.383 e. The number of ketones is 1. The molecule has 0 bridgehead atoms. The third kappa shape index (κ3) is 5.30. The molecule has 0 spiro atoms. The first-order valence-corrected chi connectivity index (χ1v) is 6.71. The summed E-state index contributed by atoms with van der Waals surface area (Å²) in [6.07, 6.45) is 1.90. The Kier molecular flexibility index (Phi) is 5.97. The molecule has 0 saturated heterocycles. The third-order valence-electron chi connectivity index (χ3n) is 2.57. The first-order valence-electron chi connectivity index (χ1n) is 6.33. The van der Waals surface area contributed by atoms with Crippen LogP contribution in [-0.2, 0) is 11.3 Å². The molecule has 0 aliphatic carbocycles. The topological polar surface area (TPSA) is 56.2 Å². The Bertz CT molecular complexity index is 424. The van der Waals surface area contributed by atoms with E-state index in [1.807, 2.05) is 0 Å². The second-order valence-electron chi connectivity index (χ2n) is 5.41. The Labute approximate surface area is 119 Å². The lowest BCUT2D eigenvalue weighted by atomic mass is 10.1. The Morgan fingerprint density at radius 3 is 2.79 bits per heavy atom. The second kappa shape index (κ2) is 7.03. The molecule has 0 aliphatic heterocycles.